The minimum absolute atomic E-state index is 0.0307. The molecule has 7 nitrogen and oxygen atoms in total. The van der Waals surface area contributed by atoms with Crippen LogP contribution in [0.15, 0.2) is 46.4 Å². The third kappa shape index (κ3) is 3.41. The lowest BCUT2D eigenvalue weighted by atomic mass is 10.1. The first-order valence-corrected chi connectivity index (χ1v) is 9.04. The number of thiocarbonyl (C=S) groups is 1. The number of benzene rings is 1. The van der Waals surface area contributed by atoms with Crippen molar-refractivity contribution in [2.45, 2.75) is 0 Å². The Hall–Kier alpha value is -3.04. The number of carbonyl (C=O) groups excluding carboxylic acids is 2. The summed E-state index contributed by atoms with van der Waals surface area (Å²) in [6.45, 7) is 2.59. The van der Waals surface area contributed by atoms with Gasteiger partial charge in [0.25, 0.3) is 11.8 Å². The lowest BCUT2D eigenvalue weighted by Gasteiger charge is -2.29. The maximum absolute atomic E-state index is 14.2. The lowest BCUT2D eigenvalue weighted by Crippen LogP contribution is -2.54. The van der Waals surface area contributed by atoms with E-state index in [0.29, 0.717) is 37.9 Å². The summed E-state index contributed by atoms with van der Waals surface area (Å²) in [5.74, 6) is -1.04. The second-order valence-corrected chi connectivity index (χ2v) is 6.57. The fourth-order valence-corrected chi connectivity index (χ4v) is 3.30. The van der Waals surface area contributed by atoms with Crippen molar-refractivity contribution in [3.8, 4) is 0 Å². The van der Waals surface area contributed by atoms with E-state index in [-0.39, 0.29) is 16.4 Å². The number of morpholine rings is 1. The maximum atomic E-state index is 14.2. The molecule has 0 radical (unpaired) electrons. The molecule has 0 bridgehead atoms. The van der Waals surface area contributed by atoms with Gasteiger partial charge in [-0.3, -0.25) is 14.9 Å². The highest BCUT2D eigenvalue weighted by Crippen LogP contribution is 2.26. The number of nitrogens with zero attached hydrogens (tertiary/aromatic N) is 2. The second-order valence-electron chi connectivity index (χ2n) is 6.18. The Labute approximate surface area is 165 Å². The standard InChI is InChI=1S/C19H16FN3O4S/c20-14-3-1-2-4-15(14)23-18(25)13(17(24)21-19(23)28)11-12-5-6-16(27-12)22-7-9-26-10-8-22/h1-6,11H,7-10H2,(H,21,24,28)/b13-11+. The van der Waals surface area contributed by atoms with Crippen LogP contribution >= 0.6 is 12.2 Å². The van der Waals surface area contributed by atoms with E-state index in [1.807, 2.05) is 4.90 Å². The number of rotatable bonds is 3. The molecular weight excluding hydrogens is 385 g/mol. The monoisotopic (exact) mass is 401 g/mol. The third-order valence-corrected chi connectivity index (χ3v) is 4.70. The van der Waals surface area contributed by atoms with E-state index in [2.05, 4.69) is 5.32 Å². The summed E-state index contributed by atoms with van der Waals surface area (Å²) in [4.78, 5) is 28.2. The molecule has 2 saturated heterocycles. The summed E-state index contributed by atoms with van der Waals surface area (Å²) >= 11 is 5.07. The molecule has 0 aliphatic carbocycles. The summed E-state index contributed by atoms with van der Waals surface area (Å²) in [6, 6.07) is 9.14. The molecule has 2 aliphatic rings. The van der Waals surface area contributed by atoms with Gasteiger partial charge in [0.15, 0.2) is 11.0 Å². The molecule has 0 saturated carbocycles. The van der Waals surface area contributed by atoms with Gasteiger partial charge >= 0.3 is 0 Å². The van der Waals surface area contributed by atoms with Crippen LogP contribution in [-0.2, 0) is 14.3 Å². The Morgan fingerprint density at radius 2 is 1.86 bits per heavy atom. The van der Waals surface area contributed by atoms with Crippen molar-refractivity contribution in [1.82, 2.24) is 5.32 Å². The van der Waals surface area contributed by atoms with Crippen molar-refractivity contribution >= 4 is 46.8 Å². The molecule has 2 aromatic rings. The lowest BCUT2D eigenvalue weighted by molar-refractivity contribution is -0.122. The molecule has 2 fully saturated rings. The quantitative estimate of drug-likeness (QED) is 0.482. The number of anilines is 2. The molecule has 2 amide bonds. The molecule has 9 heteroatoms. The van der Waals surface area contributed by atoms with Gasteiger partial charge in [0, 0.05) is 19.2 Å². The van der Waals surface area contributed by atoms with E-state index in [9.17, 15) is 14.0 Å². The topological polar surface area (TPSA) is 75.0 Å². The molecule has 28 heavy (non-hydrogen) atoms. The first kappa shape index (κ1) is 18.3. The van der Waals surface area contributed by atoms with Crippen molar-refractivity contribution in [3.63, 3.8) is 0 Å². The zero-order chi connectivity index (χ0) is 19.7. The fourth-order valence-electron chi connectivity index (χ4n) is 3.03. The van der Waals surface area contributed by atoms with Crippen molar-refractivity contribution in [1.29, 1.82) is 0 Å². The normalized spacial score (nSPS) is 19.3. The molecule has 2 aliphatic heterocycles. The van der Waals surface area contributed by atoms with Gasteiger partial charge in [-0.25, -0.2) is 9.29 Å². The van der Waals surface area contributed by atoms with Gasteiger partial charge < -0.3 is 14.1 Å². The van der Waals surface area contributed by atoms with Gasteiger partial charge in [-0.1, -0.05) is 12.1 Å². The summed E-state index contributed by atoms with van der Waals surface area (Å²) in [5.41, 5.74) is -0.225. The van der Waals surface area contributed by atoms with Crippen molar-refractivity contribution in [2.75, 3.05) is 36.1 Å². The Morgan fingerprint density at radius 3 is 2.61 bits per heavy atom. The van der Waals surface area contributed by atoms with Gasteiger partial charge in [0.2, 0.25) is 0 Å². The van der Waals surface area contributed by atoms with E-state index in [4.69, 9.17) is 21.4 Å². The van der Waals surface area contributed by atoms with Crippen LogP contribution in [-0.4, -0.2) is 43.2 Å². The van der Waals surface area contributed by atoms with E-state index < -0.39 is 17.6 Å². The molecular formula is C19H16FN3O4S. The molecule has 4 rings (SSSR count). The largest absolute Gasteiger partial charge is 0.441 e. The van der Waals surface area contributed by atoms with Crippen molar-refractivity contribution < 1.29 is 23.1 Å². The van der Waals surface area contributed by atoms with Gasteiger partial charge in [-0.05, 0) is 36.5 Å². The van der Waals surface area contributed by atoms with Crippen LogP contribution in [0.3, 0.4) is 0 Å². The van der Waals surface area contributed by atoms with Crippen LogP contribution in [0.25, 0.3) is 6.08 Å². The highest BCUT2D eigenvalue weighted by molar-refractivity contribution is 7.80. The molecule has 3 heterocycles. The molecule has 0 unspecified atom stereocenters. The second kappa shape index (κ2) is 7.53. The SMILES string of the molecule is O=C1NC(=S)N(c2ccccc2F)C(=O)/C1=C/c1ccc(N2CCOCC2)o1. The summed E-state index contributed by atoms with van der Waals surface area (Å²) in [6.07, 6.45) is 1.33. The number of hydrogen-bond acceptors (Lipinski definition) is 6. The number of halogens is 1. The zero-order valence-electron chi connectivity index (χ0n) is 14.7. The molecule has 0 spiro atoms. The van der Waals surface area contributed by atoms with Crippen LogP contribution < -0.4 is 15.1 Å². The molecule has 1 N–H and O–H groups in total. The number of amides is 2. The third-order valence-electron chi connectivity index (χ3n) is 4.42. The number of hydrogen-bond donors (Lipinski definition) is 1. The van der Waals surface area contributed by atoms with Crippen LogP contribution in [0.2, 0.25) is 0 Å². The maximum Gasteiger partial charge on any atom is 0.270 e. The summed E-state index contributed by atoms with van der Waals surface area (Å²) in [5, 5.41) is 2.24. The predicted molar refractivity (Wildman–Crippen MR) is 104 cm³/mol. The van der Waals surface area contributed by atoms with Crippen LogP contribution in [0, 0.1) is 5.82 Å². The smallest absolute Gasteiger partial charge is 0.270 e. The van der Waals surface area contributed by atoms with Crippen molar-refractivity contribution in [2.24, 2.45) is 0 Å². The number of para-hydroxylation sites is 1. The Bertz CT molecular complexity index is 981. The first-order valence-electron chi connectivity index (χ1n) is 8.63. The minimum atomic E-state index is -0.719. The van der Waals surface area contributed by atoms with Crippen LogP contribution in [0.1, 0.15) is 5.76 Å². The molecule has 1 aromatic carbocycles. The number of carbonyl (C=O) groups is 2. The molecule has 1 aromatic heterocycles. The van der Waals surface area contributed by atoms with Gasteiger partial charge in [-0.2, -0.15) is 0 Å². The fraction of sp³-hybridized carbons (Fsp3) is 0.211. The average Bonchev–Trinajstić information content (AvgIpc) is 3.16. The highest BCUT2D eigenvalue weighted by Gasteiger charge is 2.36. The summed E-state index contributed by atoms with van der Waals surface area (Å²) < 4.78 is 25.2. The highest BCUT2D eigenvalue weighted by atomic mass is 32.1. The van der Waals surface area contributed by atoms with Crippen LogP contribution in [0.5, 0.6) is 0 Å². The number of furan rings is 1. The predicted octanol–water partition coefficient (Wildman–Crippen LogP) is 2.09. The number of nitrogens with one attached hydrogen (secondary N) is 1. The van der Waals surface area contributed by atoms with E-state index >= 15 is 0 Å². The Kier molecular flexibility index (Phi) is 4.93. The summed E-state index contributed by atoms with van der Waals surface area (Å²) in [7, 11) is 0. The number of ether oxygens (including phenoxy) is 1. The van der Waals surface area contributed by atoms with Gasteiger partial charge in [0.1, 0.15) is 17.2 Å². The molecule has 0 atom stereocenters. The average molecular weight is 401 g/mol. The van der Waals surface area contributed by atoms with E-state index in [1.165, 1.54) is 24.3 Å². The first-order chi connectivity index (χ1) is 13.5. The van der Waals surface area contributed by atoms with Crippen molar-refractivity contribution in [3.05, 3.63) is 53.5 Å². The van der Waals surface area contributed by atoms with Gasteiger partial charge in [-0.15, -0.1) is 0 Å². The van der Waals surface area contributed by atoms with Crippen LogP contribution in [0.4, 0.5) is 16.0 Å². The zero-order valence-corrected chi connectivity index (χ0v) is 15.5. The van der Waals surface area contributed by atoms with E-state index in [1.54, 1.807) is 18.2 Å². The Balaban J connectivity index is 1.64. The van der Waals surface area contributed by atoms with Gasteiger partial charge in [0.05, 0.1) is 18.9 Å². The molecule has 144 valence electrons. The minimum Gasteiger partial charge on any atom is -0.441 e. The Morgan fingerprint density at radius 1 is 1.11 bits per heavy atom. The van der Waals surface area contributed by atoms with E-state index in [0.717, 1.165) is 4.90 Å².